The van der Waals surface area contributed by atoms with E-state index in [4.69, 9.17) is 4.52 Å². The second-order valence-corrected chi connectivity index (χ2v) is 6.57. The molecule has 2 aromatic rings. The van der Waals surface area contributed by atoms with E-state index < -0.39 is 23.4 Å². The number of aryl methyl sites for hydroxylation is 1. The summed E-state index contributed by atoms with van der Waals surface area (Å²) in [7, 11) is 0. The van der Waals surface area contributed by atoms with Gasteiger partial charge in [-0.25, -0.2) is 9.18 Å². The van der Waals surface area contributed by atoms with E-state index in [0.717, 1.165) is 12.8 Å². The first-order valence-corrected chi connectivity index (χ1v) is 8.17. The summed E-state index contributed by atoms with van der Waals surface area (Å²) in [6.45, 7) is 3.24. The van der Waals surface area contributed by atoms with Gasteiger partial charge in [0.05, 0.1) is 12.1 Å². The van der Waals surface area contributed by atoms with Crippen molar-refractivity contribution in [2.24, 2.45) is 5.92 Å². The fourth-order valence-corrected chi connectivity index (χ4v) is 2.84. The summed E-state index contributed by atoms with van der Waals surface area (Å²) >= 11 is 0. The van der Waals surface area contributed by atoms with Crippen molar-refractivity contribution < 1.29 is 18.8 Å². The summed E-state index contributed by atoms with van der Waals surface area (Å²) in [5.74, 6) is 0.233. The number of urea groups is 1. The molecule has 1 aliphatic carbocycles. The van der Waals surface area contributed by atoms with Crippen molar-refractivity contribution in [2.75, 3.05) is 6.61 Å². The van der Waals surface area contributed by atoms with Crippen molar-refractivity contribution in [3.05, 3.63) is 47.4 Å². The van der Waals surface area contributed by atoms with Crippen LogP contribution < -0.4 is 10.6 Å². The highest BCUT2D eigenvalue weighted by molar-refractivity contribution is 5.76. The number of hydrogen-bond acceptors (Lipinski definition) is 5. The molecule has 2 amide bonds. The van der Waals surface area contributed by atoms with Gasteiger partial charge in [0.25, 0.3) is 0 Å². The van der Waals surface area contributed by atoms with Gasteiger partial charge in [-0.3, -0.25) is 0 Å². The van der Waals surface area contributed by atoms with E-state index in [1.165, 1.54) is 6.07 Å². The summed E-state index contributed by atoms with van der Waals surface area (Å²) in [4.78, 5) is 16.6. The summed E-state index contributed by atoms with van der Waals surface area (Å²) in [6.07, 6.45) is 1.91. The summed E-state index contributed by atoms with van der Waals surface area (Å²) < 4.78 is 19.2. The number of aliphatic hydroxyl groups excluding tert-OH is 1. The highest BCUT2D eigenvalue weighted by Gasteiger charge is 2.42. The van der Waals surface area contributed by atoms with Crippen molar-refractivity contribution in [3.8, 4) is 0 Å². The van der Waals surface area contributed by atoms with Gasteiger partial charge in [0, 0.05) is 12.5 Å². The van der Waals surface area contributed by atoms with E-state index in [1.54, 1.807) is 32.0 Å². The largest absolute Gasteiger partial charge is 0.394 e. The smallest absolute Gasteiger partial charge is 0.316 e. The Hall–Kier alpha value is -2.48. The lowest BCUT2D eigenvalue weighted by Gasteiger charge is -2.29. The molecular weight excluding hydrogens is 327 g/mol. The van der Waals surface area contributed by atoms with Crippen LogP contribution in [0, 0.1) is 18.7 Å². The van der Waals surface area contributed by atoms with E-state index >= 15 is 0 Å². The van der Waals surface area contributed by atoms with Gasteiger partial charge >= 0.3 is 6.03 Å². The Kier molecular flexibility index (Phi) is 4.71. The molecule has 1 aliphatic rings. The van der Waals surface area contributed by atoms with Gasteiger partial charge in [-0.15, -0.1) is 0 Å². The van der Waals surface area contributed by atoms with E-state index in [0.29, 0.717) is 5.89 Å². The van der Waals surface area contributed by atoms with Crippen molar-refractivity contribution >= 4 is 6.03 Å². The normalized spacial score (nSPS) is 17.6. The predicted molar refractivity (Wildman–Crippen MR) is 87.2 cm³/mol. The Morgan fingerprint density at radius 2 is 2.20 bits per heavy atom. The average Bonchev–Trinajstić information content (AvgIpc) is 3.36. The van der Waals surface area contributed by atoms with E-state index in [-0.39, 0.29) is 23.9 Å². The van der Waals surface area contributed by atoms with Gasteiger partial charge in [-0.2, -0.15) is 4.98 Å². The van der Waals surface area contributed by atoms with Gasteiger partial charge in [0.2, 0.25) is 5.89 Å². The molecule has 1 fully saturated rings. The second-order valence-electron chi connectivity index (χ2n) is 6.57. The number of halogens is 1. The molecule has 0 spiro atoms. The highest BCUT2D eigenvalue weighted by Crippen LogP contribution is 2.39. The molecule has 25 heavy (non-hydrogen) atoms. The number of amides is 2. The first-order chi connectivity index (χ1) is 11.9. The minimum atomic E-state index is -0.902. The summed E-state index contributed by atoms with van der Waals surface area (Å²) in [5, 5.41) is 18.9. The Morgan fingerprint density at radius 3 is 2.76 bits per heavy atom. The molecule has 0 aliphatic heterocycles. The van der Waals surface area contributed by atoms with Crippen LogP contribution in [0.4, 0.5) is 9.18 Å². The Labute approximate surface area is 144 Å². The number of aromatic nitrogens is 2. The lowest BCUT2D eigenvalue weighted by molar-refractivity contribution is 0.154. The minimum Gasteiger partial charge on any atom is -0.394 e. The molecular formula is C17H21FN4O3. The third kappa shape index (κ3) is 3.79. The third-order valence-corrected chi connectivity index (χ3v) is 4.50. The molecule has 134 valence electrons. The average molecular weight is 348 g/mol. The zero-order chi connectivity index (χ0) is 18.0. The molecule has 1 aromatic carbocycles. The highest BCUT2D eigenvalue weighted by atomic mass is 19.1. The van der Waals surface area contributed by atoms with Crippen LogP contribution in [0.1, 0.15) is 43.1 Å². The first-order valence-electron chi connectivity index (χ1n) is 8.17. The summed E-state index contributed by atoms with van der Waals surface area (Å²) in [5.41, 5.74) is -0.479. The van der Waals surface area contributed by atoms with Crippen molar-refractivity contribution in [3.63, 3.8) is 0 Å². The van der Waals surface area contributed by atoms with Gasteiger partial charge in [0.15, 0.2) is 5.82 Å². The van der Waals surface area contributed by atoms with Crippen molar-refractivity contribution in [1.82, 2.24) is 20.8 Å². The molecule has 3 rings (SSSR count). The lowest BCUT2D eigenvalue weighted by Crippen LogP contribution is -2.54. The van der Waals surface area contributed by atoms with Crippen LogP contribution >= 0.6 is 0 Å². The SMILES string of the molecule is Cc1nc(C(NC(=O)NC(C)(CO)C2CC2)c2ccccc2F)no1. The maximum absolute atomic E-state index is 14.2. The zero-order valence-electron chi connectivity index (χ0n) is 14.1. The molecule has 0 saturated heterocycles. The van der Waals surface area contributed by atoms with Crippen LogP contribution in [-0.4, -0.2) is 33.4 Å². The van der Waals surface area contributed by atoms with E-state index in [9.17, 15) is 14.3 Å². The lowest BCUT2D eigenvalue weighted by atomic mass is 9.97. The van der Waals surface area contributed by atoms with Crippen LogP contribution in [0.3, 0.4) is 0 Å². The number of benzene rings is 1. The summed E-state index contributed by atoms with van der Waals surface area (Å²) in [6, 6.07) is 4.66. The van der Waals surface area contributed by atoms with Crippen LogP contribution in [0.25, 0.3) is 0 Å². The van der Waals surface area contributed by atoms with Gasteiger partial charge in [-0.1, -0.05) is 23.4 Å². The maximum Gasteiger partial charge on any atom is 0.316 e. The molecule has 2 atom stereocenters. The van der Waals surface area contributed by atoms with Gasteiger partial charge in [-0.05, 0) is 31.7 Å². The number of carbonyl (C=O) groups excluding carboxylic acids is 1. The number of hydrogen-bond donors (Lipinski definition) is 3. The molecule has 2 unspecified atom stereocenters. The quantitative estimate of drug-likeness (QED) is 0.742. The van der Waals surface area contributed by atoms with Crippen molar-refractivity contribution in [2.45, 2.75) is 38.3 Å². The molecule has 1 heterocycles. The Morgan fingerprint density at radius 1 is 1.48 bits per heavy atom. The van der Waals surface area contributed by atoms with Crippen LogP contribution in [-0.2, 0) is 0 Å². The number of carbonyl (C=O) groups is 1. The second kappa shape index (κ2) is 6.79. The van der Waals surface area contributed by atoms with Crippen LogP contribution in [0.5, 0.6) is 0 Å². The minimum absolute atomic E-state index is 0.162. The number of nitrogens with one attached hydrogen (secondary N) is 2. The fraction of sp³-hybridized carbons (Fsp3) is 0.471. The fourth-order valence-electron chi connectivity index (χ4n) is 2.84. The molecule has 8 heteroatoms. The molecule has 1 aromatic heterocycles. The molecule has 7 nitrogen and oxygen atoms in total. The van der Waals surface area contributed by atoms with Gasteiger partial charge in [0.1, 0.15) is 11.9 Å². The predicted octanol–water partition coefficient (Wildman–Crippen LogP) is 2.07. The molecule has 1 saturated carbocycles. The monoisotopic (exact) mass is 348 g/mol. The Balaban J connectivity index is 1.83. The Bertz CT molecular complexity index is 762. The maximum atomic E-state index is 14.2. The molecule has 0 bridgehead atoms. The van der Waals surface area contributed by atoms with E-state index in [1.807, 2.05) is 0 Å². The van der Waals surface area contributed by atoms with E-state index in [2.05, 4.69) is 20.8 Å². The third-order valence-electron chi connectivity index (χ3n) is 4.50. The molecule has 0 radical (unpaired) electrons. The van der Waals surface area contributed by atoms with Crippen LogP contribution in [0.2, 0.25) is 0 Å². The number of rotatable bonds is 6. The topological polar surface area (TPSA) is 100 Å². The van der Waals surface area contributed by atoms with Gasteiger partial charge < -0.3 is 20.3 Å². The zero-order valence-corrected chi connectivity index (χ0v) is 14.1. The standard InChI is InChI=1S/C17H21FN4O3/c1-10-19-15(22-25-10)14(12-5-3-4-6-13(12)18)20-16(24)21-17(2,9-23)11-7-8-11/h3-6,11,14,23H,7-9H2,1-2H3,(H2,20,21,24). The molecule has 3 N–H and O–H groups in total. The first kappa shape index (κ1) is 17.3. The number of aliphatic hydroxyl groups is 1. The van der Waals surface area contributed by atoms with Crippen LogP contribution in [0.15, 0.2) is 28.8 Å². The number of nitrogens with zero attached hydrogens (tertiary/aromatic N) is 2. The van der Waals surface area contributed by atoms with Crippen molar-refractivity contribution in [1.29, 1.82) is 0 Å².